The zero-order valence-corrected chi connectivity index (χ0v) is 15.0. The van der Waals surface area contributed by atoms with Crippen molar-refractivity contribution in [2.24, 2.45) is 29.6 Å². The molecule has 0 saturated heterocycles. The molecule has 1 fully saturated rings. The number of halogens is 1. The fraction of sp³-hybridized carbons (Fsp3) is 0.778. The molecule has 0 spiro atoms. The molecule has 0 aliphatic heterocycles. The predicted molar refractivity (Wildman–Crippen MR) is 89.2 cm³/mol. The van der Waals surface area contributed by atoms with Gasteiger partial charge >= 0.3 is 12.1 Å². The molecule has 0 heterocycles. The van der Waals surface area contributed by atoms with Crippen molar-refractivity contribution in [2.45, 2.75) is 46.5 Å². The SMILES string of the molecule is CC1=C[C@@H]2C(C(C)C(=O)OC(=O)OCCCl)CC[C@@H](C)[C@@H]2CC1. The zero-order chi connectivity index (χ0) is 17.0. The van der Waals surface area contributed by atoms with Crippen LogP contribution in [0.1, 0.15) is 46.5 Å². The normalized spacial score (nSPS) is 31.6. The van der Waals surface area contributed by atoms with Gasteiger partial charge in [0.25, 0.3) is 0 Å². The molecule has 0 N–H and O–H groups in total. The molecule has 23 heavy (non-hydrogen) atoms. The number of carbonyl (C=O) groups excluding carboxylic acids is 2. The topological polar surface area (TPSA) is 52.6 Å². The van der Waals surface area contributed by atoms with Crippen molar-refractivity contribution in [3.05, 3.63) is 11.6 Å². The number of esters is 1. The van der Waals surface area contributed by atoms with Gasteiger partial charge in [0.15, 0.2) is 0 Å². The van der Waals surface area contributed by atoms with Crippen LogP contribution in [0.15, 0.2) is 11.6 Å². The molecule has 130 valence electrons. The van der Waals surface area contributed by atoms with Gasteiger partial charge in [-0.2, -0.15) is 0 Å². The standard InChI is InChI=1S/C18H27ClO4/c1-11-4-6-14-12(2)5-7-15(16(14)10-11)13(3)17(20)23-18(21)22-9-8-19/h10,12-16H,4-9H2,1-3H3/t12-,13?,14+,15?,16+/m1/s1. The van der Waals surface area contributed by atoms with Crippen molar-refractivity contribution >= 4 is 23.7 Å². The highest BCUT2D eigenvalue weighted by Crippen LogP contribution is 2.48. The fourth-order valence-electron chi connectivity index (χ4n) is 4.17. The van der Waals surface area contributed by atoms with E-state index >= 15 is 0 Å². The van der Waals surface area contributed by atoms with Crippen LogP contribution in [0.2, 0.25) is 0 Å². The maximum atomic E-state index is 12.3. The lowest BCUT2D eigenvalue weighted by Crippen LogP contribution is -2.40. The van der Waals surface area contributed by atoms with Crippen molar-refractivity contribution in [1.82, 2.24) is 0 Å². The van der Waals surface area contributed by atoms with E-state index in [1.54, 1.807) is 0 Å². The van der Waals surface area contributed by atoms with Crippen molar-refractivity contribution in [1.29, 1.82) is 0 Å². The average molecular weight is 343 g/mol. The molecular formula is C18H27ClO4. The molecule has 2 unspecified atom stereocenters. The van der Waals surface area contributed by atoms with Crippen LogP contribution >= 0.6 is 11.6 Å². The monoisotopic (exact) mass is 342 g/mol. The molecular weight excluding hydrogens is 316 g/mol. The molecule has 5 atom stereocenters. The first kappa shape index (κ1) is 18.3. The van der Waals surface area contributed by atoms with E-state index in [-0.39, 0.29) is 24.3 Å². The Morgan fingerprint density at radius 2 is 2.09 bits per heavy atom. The lowest BCUT2D eigenvalue weighted by molar-refractivity contribution is -0.147. The van der Waals surface area contributed by atoms with Gasteiger partial charge in [0, 0.05) is 0 Å². The number of ether oxygens (including phenoxy) is 2. The summed E-state index contributed by atoms with van der Waals surface area (Å²) in [5, 5.41) is 0. The summed E-state index contributed by atoms with van der Waals surface area (Å²) in [6.45, 7) is 6.40. The van der Waals surface area contributed by atoms with E-state index in [2.05, 4.69) is 19.9 Å². The van der Waals surface area contributed by atoms with Crippen molar-refractivity contribution < 1.29 is 19.1 Å². The fourth-order valence-corrected chi connectivity index (χ4v) is 4.25. The molecule has 0 bridgehead atoms. The van der Waals surface area contributed by atoms with Crippen LogP contribution in [0.25, 0.3) is 0 Å². The molecule has 0 aromatic heterocycles. The molecule has 2 rings (SSSR count). The minimum Gasteiger partial charge on any atom is -0.433 e. The second kappa shape index (κ2) is 8.18. The Labute approximate surface area is 143 Å². The number of rotatable bonds is 4. The van der Waals surface area contributed by atoms with Gasteiger partial charge in [-0.25, -0.2) is 4.79 Å². The predicted octanol–water partition coefficient (Wildman–Crippen LogP) is 4.56. The molecule has 0 amide bonds. The molecule has 0 radical (unpaired) electrons. The van der Waals surface area contributed by atoms with E-state index in [1.807, 2.05) is 6.92 Å². The highest BCUT2D eigenvalue weighted by molar-refractivity contribution is 6.18. The number of hydrogen-bond acceptors (Lipinski definition) is 4. The van der Waals surface area contributed by atoms with E-state index < -0.39 is 12.1 Å². The quantitative estimate of drug-likeness (QED) is 0.325. The largest absolute Gasteiger partial charge is 0.516 e. The van der Waals surface area contributed by atoms with Crippen LogP contribution in [-0.2, 0) is 14.3 Å². The number of allylic oxidation sites excluding steroid dienone is 2. The number of carbonyl (C=O) groups is 2. The van der Waals surface area contributed by atoms with E-state index in [9.17, 15) is 9.59 Å². The Kier molecular flexibility index (Phi) is 6.51. The number of alkyl halides is 1. The van der Waals surface area contributed by atoms with Crippen LogP contribution in [0.3, 0.4) is 0 Å². The molecule has 2 aliphatic rings. The van der Waals surface area contributed by atoms with Gasteiger partial charge in [-0.3, -0.25) is 4.79 Å². The smallest absolute Gasteiger partial charge is 0.433 e. The first-order valence-corrected chi connectivity index (χ1v) is 9.09. The van der Waals surface area contributed by atoms with Gasteiger partial charge in [-0.05, 0) is 49.9 Å². The van der Waals surface area contributed by atoms with Gasteiger partial charge in [-0.1, -0.05) is 31.9 Å². The van der Waals surface area contributed by atoms with Crippen LogP contribution in [0, 0.1) is 29.6 Å². The Bertz CT molecular complexity index is 474. The molecule has 0 aromatic carbocycles. The second-order valence-electron chi connectivity index (χ2n) is 7.01. The average Bonchev–Trinajstić information content (AvgIpc) is 2.52. The minimum atomic E-state index is -0.946. The summed E-state index contributed by atoms with van der Waals surface area (Å²) in [6, 6.07) is 0. The van der Waals surface area contributed by atoms with Gasteiger partial charge in [0.2, 0.25) is 0 Å². The molecule has 1 saturated carbocycles. The van der Waals surface area contributed by atoms with Crippen molar-refractivity contribution in [2.75, 3.05) is 12.5 Å². The van der Waals surface area contributed by atoms with E-state index in [0.717, 1.165) is 19.3 Å². The summed E-state index contributed by atoms with van der Waals surface area (Å²) in [7, 11) is 0. The Hall–Kier alpha value is -1.03. The summed E-state index contributed by atoms with van der Waals surface area (Å²) in [4.78, 5) is 23.7. The lowest BCUT2D eigenvalue weighted by atomic mass is 9.60. The van der Waals surface area contributed by atoms with Crippen LogP contribution < -0.4 is 0 Å². The summed E-state index contributed by atoms with van der Waals surface area (Å²) in [6.07, 6.45) is 5.89. The number of fused-ring (bicyclic) bond motifs is 1. The van der Waals surface area contributed by atoms with Gasteiger partial charge in [0.1, 0.15) is 6.61 Å². The Morgan fingerprint density at radius 1 is 1.35 bits per heavy atom. The third-order valence-corrected chi connectivity index (χ3v) is 5.67. The molecule has 2 aliphatic carbocycles. The van der Waals surface area contributed by atoms with E-state index in [0.29, 0.717) is 17.8 Å². The Morgan fingerprint density at radius 3 is 2.78 bits per heavy atom. The van der Waals surface area contributed by atoms with Gasteiger partial charge in [0.05, 0.1) is 11.8 Å². The summed E-state index contributed by atoms with van der Waals surface area (Å²) >= 11 is 5.45. The first-order chi connectivity index (χ1) is 10.9. The van der Waals surface area contributed by atoms with Gasteiger partial charge in [-0.15, -0.1) is 11.6 Å². The lowest BCUT2D eigenvalue weighted by Gasteiger charge is -2.45. The highest BCUT2D eigenvalue weighted by atomic mass is 35.5. The van der Waals surface area contributed by atoms with Crippen molar-refractivity contribution in [3.8, 4) is 0 Å². The highest BCUT2D eigenvalue weighted by Gasteiger charge is 2.42. The third-order valence-electron chi connectivity index (χ3n) is 5.52. The van der Waals surface area contributed by atoms with E-state index in [1.165, 1.54) is 12.0 Å². The number of hydrogen-bond donors (Lipinski definition) is 0. The molecule has 5 heteroatoms. The van der Waals surface area contributed by atoms with Crippen molar-refractivity contribution in [3.63, 3.8) is 0 Å². The summed E-state index contributed by atoms with van der Waals surface area (Å²) in [5.74, 6) is 1.37. The maximum Gasteiger partial charge on any atom is 0.516 e. The van der Waals surface area contributed by atoms with Gasteiger partial charge < -0.3 is 9.47 Å². The molecule has 0 aromatic rings. The maximum absolute atomic E-state index is 12.3. The summed E-state index contributed by atoms with van der Waals surface area (Å²) in [5.41, 5.74) is 1.41. The Balaban J connectivity index is 2.02. The summed E-state index contributed by atoms with van der Waals surface area (Å²) < 4.78 is 9.54. The third kappa shape index (κ3) is 4.50. The minimum absolute atomic E-state index is 0.0512. The first-order valence-electron chi connectivity index (χ1n) is 8.55. The second-order valence-corrected chi connectivity index (χ2v) is 7.39. The zero-order valence-electron chi connectivity index (χ0n) is 14.2. The van der Waals surface area contributed by atoms with E-state index in [4.69, 9.17) is 21.1 Å². The van der Waals surface area contributed by atoms with Crippen LogP contribution in [0.4, 0.5) is 4.79 Å². The van der Waals surface area contributed by atoms with Crippen LogP contribution in [0.5, 0.6) is 0 Å². The van der Waals surface area contributed by atoms with Crippen LogP contribution in [-0.4, -0.2) is 24.6 Å². The molecule has 4 nitrogen and oxygen atoms in total.